The van der Waals surface area contributed by atoms with Crippen LogP contribution >= 0.6 is 11.3 Å². The van der Waals surface area contributed by atoms with Gasteiger partial charge in [-0.1, -0.05) is 12.1 Å². The van der Waals surface area contributed by atoms with Crippen LogP contribution in [0.5, 0.6) is 0 Å². The number of morpholine rings is 1. The van der Waals surface area contributed by atoms with Crippen LogP contribution in [-0.2, 0) is 21.3 Å². The summed E-state index contributed by atoms with van der Waals surface area (Å²) in [7, 11) is -3.47. The van der Waals surface area contributed by atoms with E-state index in [-0.39, 0.29) is 6.54 Å². The summed E-state index contributed by atoms with van der Waals surface area (Å²) in [4.78, 5) is 6.53. The summed E-state index contributed by atoms with van der Waals surface area (Å²) >= 11 is 1.20. The van der Waals surface area contributed by atoms with Gasteiger partial charge < -0.3 is 9.64 Å². The van der Waals surface area contributed by atoms with E-state index in [2.05, 4.69) is 14.6 Å². The fourth-order valence-corrected chi connectivity index (χ4v) is 4.33. The molecule has 6 nitrogen and oxygen atoms in total. The van der Waals surface area contributed by atoms with Crippen molar-refractivity contribution in [1.82, 2.24) is 9.71 Å². The average Bonchev–Trinajstić information content (AvgIpc) is 3.10. The van der Waals surface area contributed by atoms with E-state index >= 15 is 0 Å². The van der Waals surface area contributed by atoms with Gasteiger partial charge >= 0.3 is 0 Å². The lowest BCUT2D eigenvalue weighted by molar-refractivity contribution is 0.122. The lowest BCUT2D eigenvalue weighted by Gasteiger charge is -2.29. The summed E-state index contributed by atoms with van der Waals surface area (Å²) in [5.74, 6) is 0.819. The number of aromatic nitrogens is 1. The van der Waals surface area contributed by atoms with Gasteiger partial charge in [-0.3, -0.25) is 0 Å². The van der Waals surface area contributed by atoms with E-state index < -0.39 is 10.0 Å². The largest absolute Gasteiger partial charge is 0.378 e. The smallest absolute Gasteiger partial charge is 0.250 e. The van der Waals surface area contributed by atoms with Crippen molar-refractivity contribution in [2.45, 2.75) is 10.8 Å². The monoisotopic (exact) mass is 339 g/mol. The molecule has 2 aromatic rings. The number of anilines is 1. The SMILES string of the molecule is O=S(=O)(NCc1cccnc1N1CCOCC1)c1cccs1. The number of nitrogens with zero attached hydrogens (tertiary/aromatic N) is 2. The molecule has 0 bridgehead atoms. The highest BCUT2D eigenvalue weighted by Crippen LogP contribution is 2.20. The van der Waals surface area contributed by atoms with Crippen molar-refractivity contribution in [3.8, 4) is 0 Å². The molecule has 1 fully saturated rings. The predicted octanol–water partition coefficient (Wildman–Crippen LogP) is 1.46. The molecule has 0 radical (unpaired) electrons. The van der Waals surface area contributed by atoms with Gasteiger partial charge in [-0.05, 0) is 17.5 Å². The molecule has 1 saturated heterocycles. The van der Waals surface area contributed by atoms with Gasteiger partial charge in [0.05, 0.1) is 13.2 Å². The summed E-state index contributed by atoms with van der Waals surface area (Å²) in [6.45, 7) is 3.08. The Morgan fingerprint density at radius 1 is 1.27 bits per heavy atom. The zero-order valence-electron chi connectivity index (χ0n) is 11.9. The first-order valence-corrected chi connectivity index (χ1v) is 9.33. The minimum Gasteiger partial charge on any atom is -0.378 e. The summed E-state index contributed by atoms with van der Waals surface area (Å²) in [5, 5.41) is 1.75. The molecule has 1 aliphatic rings. The molecule has 0 atom stereocenters. The zero-order chi connectivity index (χ0) is 15.4. The van der Waals surface area contributed by atoms with Crippen LogP contribution < -0.4 is 9.62 Å². The molecular formula is C14H17N3O3S2. The maximum absolute atomic E-state index is 12.2. The van der Waals surface area contributed by atoms with Crippen LogP contribution in [0.3, 0.4) is 0 Å². The maximum Gasteiger partial charge on any atom is 0.250 e. The van der Waals surface area contributed by atoms with E-state index in [4.69, 9.17) is 4.74 Å². The third-order valence-electron chi connectivity index (χ3n) is 3.39. The number of hydrogen-bond donors (Lipinski definition) is 1. The van der Waals surface area contributed by atoms with Gasteiger partial charge in [0.15, 0.2) is 0 Å². The van der Waals surface area contributed by atoms with Crippen molar-refractivity contribution < 1.29 is 13.2 Å². The Morgan fingerprint density at radius 3 is 2.82 bits per heavy atom. The Bertz CT molecular complexity index is 711. The van der Waals surface area contributed by atoms with Crippen LogP contribution in [0.25, 0.3) is 0 Å². The summed E-state index contributed by atoms with van der Waals surface area (Å²) in [6, 6.07) is 7.04. The molecule has 3 heterocycles. The Labute approximate surface area is 133 Å². The number of ether oxygens (including phenoxy) is 1. The Balaban J connectivity index is 1.75. The number of thiophene rings is 1. The second-order valence-corrected chi connectivity index (χ2v) is 7.78. The lowest BCUT2D eigenvalue weighted by Crippen LogP contribution is -2.37. The van der Waals surface area contributed by atoms with Gasteiger partial charge in [-0.25, -0.2) is 18.1 Å². The highest BCUT2D eigenvalue weighted by molar-refractivity contribution is 7.91. The van der Waals surface area contributed by atoms with E-state index in [1.807, 2.05) is 12.1 Å². The Morgan fingerprint density at radius 2 is 2.09 bits per heavy atom. The fourth-order valence-electron chi connectivity index (χ4n) is 2.29. The lowest BCUT2D eigenvalue weighted by atomic mass is 10.2. The van der Waals surface area contributed by atoms with Crippen LogP contribution in [-0.4, -0.2) is 39.7 Å². The van der Waals surface area contributed by atoms with Crippen LogP contribution in [0.2, 0.25) is 0 Å². The molecule has 0 spiro atoms. The van der Waals surface area contributed by atoms with E-state index in [9.17, 15) is 8.42 Å². The minimum absolute atomic E-state index is 0.223. The van der Waals surface area contributed by atoms with E-state index in [1.54, 1.807) is 23.7 Å². The first kappa shape index (κ1) is 15.4. The average molecular weight is 339 g/mol. The molecule has 118 valence electrons. The molecule has 3 rings (SSSR count). The van der Waals surface area contributed by atoms with Gasteiger partial charge in [0, 0.05) is 31.4 Å². The number of hydrogen-bond acceptors (Lipinski definition) is 6. The fraction of sp³-hybridized carbons (Fsp3) is 0.357. The van der Waals surface area contributed by atoms with Crippen LogP contribution in [0.1, 0.15) is 5.56 Å². The topological polar surface area (TPSA) is 71.5 Å². The molecule has 22 heavy (non-hydrogen) atoms. The van der Waals surface area contributed by atoms with E-state index in [0.29, 0.717) is 17.4 Å². The second-order valence-electron chi connectivity index (χ2n) is 4.84. The molecule has 1 aliphatic heterocycles. The highest BCUT2D eigenvalue weighted by Gasteiger charge is 2.19. The van der Waals surface area contributed by atoms with Gasteiger partial charge in [0.1, 0.15) is 10.0 Å². The molecule has 0 amide bonds. The first-order chi connectivity index (χ1) is 10.7. The second kappa shape index (κ2) is 6.74. The van der Waals surface area contributed by atoms with Crippen LogP contribution in [0.15, 0.2) is 40.1 Å². The van der Waals surface area contributed by atoms with Crippen LogP contribution in [0, 0.1) is 0 Å². The highest BCUT2D eigenvalue weighted by atomic mass is 32.2. The third-order valence-corrected chi connectivity index (χ3v) is 6.19. The molecule has 1 N–H and O–H groups in total. The van der Waals surface area contributed by atoms with E-state index in [1.165, 1.54) is 11.3 Å². The van der Waals surface area contributed by atoms with Gasteiger partial charge in [-0.15, -0.1) is 11.3 Å². The molecule has 0 saturated carbocycles. The predicted molar refractivity (Wildman–Crippen MR) is 85.6 cm³/mol. The molecule has 0 aromatic carbocycles. The third kappa shape index (κ3) is 3.46. The quantitative estimate of drug-likeness (QED) is 0.893. The van der Waals surface area contributed by atoms with Crippen molar-refractivity contribution in [1.29, 1.82) is 0 Å². The number of rotatable bonds is 5. The van der Waals surface area contributed by atoms with Crippen molar-refractivity contribution in [2.24, 2.45) is 0 Å². The molecule has 0 unspecified atom stereocenters. The standard InChI is InChI=1S/C14H17N3O3S2/c18-22(19,13-4-2-10-21-13)16-11-12-3-1-5-15-14(12)17-6-8-20-9-7-17/h1-5,10,16H,6-9,11H2. The molecule has 0 aliphatic carbocycles. The number of sulfonamides is 1. The normalized spacial score (nSPS) is 15.9. The zero-order valence-corrected chi connectivity index (χ0v) is 13.6. The summed E-state index contributed by atoms with van der Waals surface area (Å²) < 4.78 is 32.7. The van der Waals surface area contributed by atoms with E-state index in [0.717, 1.165) is 24.5 Å². The maximum atomic E-state index is 12.2. The Hall–Kier alpha value is -1.48. The van der Waals surface area contributed by atoms with Gasteiger partial charge in [-0.2, -0.15) is 0 Å². The summed E-state index contributed by atoms with van der Waals surface area (Å²) in [6.07, 6.45) is 1.72. The minimum atomic E-state index is -3.47. The number of nitrogens with one attached hydrogen (secondary N) is 1. The summed E-state index contributed by atoms with van der Waals surface area (Å²) in [5.41, 5.74) is 0.865. The molecule has 2 aromatic heterocycles. The first-order valence-electron chi connectivity index (χ1n) is 6.96. The Kier molecular flexibility index (Phi) is 4.72. The molecular weight excluding hydrogens is 322 g/mol. The van der Waals surface area contributed by atoms with Gasteiger partial charge in [0.25, 0.3) is 0 Å². The molecule has 8 heteroatoms. The van der Waals surface area contributed by atoms with Crippen molar-refractivity contribution >= 4 is 27.2 Å². The van der Waals surface area contributed by atoms with Crippen molar-refractivity contribution in [2.75, 3.05) is 31.2 Å². The van der Waals surface area contributed by atoms with Crippen molar-refractivity contribution in [3.05, 3.63) is 41.4 Å². The van der Waals surface area contributed by atoms with Crippen LogP contribution in [0.4, 0.5) is 5.82 Å². The van der Waals surface area contributed by atoms with Gasteiger partial charge in [0.2, 0.25) is 10.0 Å². The van der Waals surface area contributed by atoms with Crippen molar-refractivity contribution in [3.63, 3.8) is 0 Å². The number of pyridine rings is 1.